The van der Waals surface area contributed by atoms with E-state index in [9.17, 15) is 0 Å². The Morgan fingerprint density at radius 3 is 1.25 bits per heavy atom. The third-order valence-electron chi connectivity index (χ3n) is 0.167. The van der Waals surface area contributed by atoms with Gasteiger partial charge < -0.3 is 9.11 Å². The first-order valence-corrected chi connectivity index (χ1v) is 5.00. The molecule has 7 nitrogen and oxygen atoms in total. The van der Waals surface area contributed by atoms with Crippen LogP contribution in [0.5, 0.6) is 0 Å². The largest absolute Gasteiger partial charge is 1.00 e. The van der Waals surface area contributed by atoms with Crippen molar-refractivity contribution in [2.75, 3.05) is 0 Å². The number of rotatable bonds is 1. The van der Waals surface area contributed by atoms with Gasteiger partial charge in [-0.1, -0.05) is 0 Å². The first kappa shape index (κ1) is 23.6. The summed E-state index contributed by atoms with van der Waals surface area (Å²) in [5.41, 5.74) is 0. The van der Waals surface area contributed by atoms with E-state index in [1.54, 1.807) is 0 Å². The molecule has 0 amide bonds. The van der Waals surface area contributed by atoms with E-state index in [0.29, 0.717) is 0 Å². The molecule has 0 fully saturated rings. The Hall–Kier alpha value is 1.84. The molecule has 0 saturated carbocycles. The molecule has 12 heteroatoms. The van der Waals surface area contributed by atoms with Crippen LogP contribution in [0.1, 0.15) is 0 Å². The van der Waals surface area contributed by atoms with Crippen molar-refractivity contribution in [1.29, 1.82) is 0 Å². The predicted octanol–water partition coefficient (Wildman–Crippen LogP) is -8.34. The van der Waals surface area contributed by atoms with Gasteiger partial charge in [-0.05, 0) is 0 Å². The maximum Gasteiger partial charge on any atom is 1.00 e. The molecule has 0 heterocycles. The third-order valence-corrected chi connectivity index (χ3v) is 1.50. The first-order valence-electron chi connectivity index (χ1n) is 1.33. The van der Waals surface area contributed by atoms with Crippen molar-refractivity contribution in [3.05, 3.63) is 0 Å². The fourth-order valence-electron chi connectivity index (χ4n) is 0. The van der Waals surface area contributed by atoms with E-state index in [1.807, 2.05) is 0 Å². The van der Waals surface area contributed by atoms with Gasteiger partial charge in [-0.3, -0.25) is 4.21 Å². The van der Waals surface area contributed by atoms with Gasteiger partial charge >= 0.3 is 70.7 Å². The van der Waals surface area contributed by atoms with E-state index in [2.05, 4.69) is 0 Å². The number of hydrogen-bond acceptors (Lipinski definition) is 7. The van der Waals surface area contributed by atoms with Crippen LogP contribution in [0.15, 0.2) is 0 Å². The van der Waals surface area contributed by atoms with Crippen LogP contribution in [-0.2, 0) is 30.8 Å². The van der Waals surface area contributed by atoms with Gasteiger partial charge in [0.05, 0.1) is 10.1 Å². The van der Waals surface area contributed by atoms with E-state index in [4.69, 9.17) is 30.1 Å². The molecule has 0 aromatic rings. The van der Waals surface area contributed by atoms with Gasteiger partial charge in [-0.25, -0.2) is 8.42 Å². The normalized spacial score (nSPS) is 10.5. The zero-order valence-electron chi connectivity index (χ0n) is 6.08. The van der Waals surface area contributed by atoms with E-state index >= 15 is 0 Å². The van der Waals surface area contributed by atoms with Crippen LogP contribution in [0.25, 0.3) is 0 Å². The van der Waals surface area contributed by atoms with Crippen LogP contribution in [0.3, 0.4) is 0 Å². The smallest absolute Gasteiger partial charge is 0.761 e. The van der Waals surface area contributed by atoms with Gasteiger partial charge in [-0.15, -0.1) is 0 Å². The average molecular weight is 254 g/mol. The minimum absolute atomic E-state index is 0. The van der Waals surface area contributed by atoms with Gasteiger partial charge in [0, 0.05) is 0 Å². The van der Waals surface area contributed by atoms with Gasteiger partial charge in [0.15, 0.2) is 9.15 Å². The van der Waals surface area contributed by atoms with Crippen molar-refractivity contribution in [2.24, 2.45) is 0 Å². The first-order chi connectivity index (χ1) is 4.36. The second-order valence-electron chi connectivity index (χ2n) is 0.680. The van der Waals surface area contributed by atoms with E-state index in [-0.39, 0.29) is 59.1 Å². The molecule has 0 radical (unpaired) electrons. The van der Waals surface area contributed by atoms with Gasteiger partial charge in [0.25, 0.3) is 0 Å². The molecule has 12 heavy (non-hydrogen) atoms. The van der Waals surface area contributed by atoms with Crippen LogP contribution in [-0.4, -0.2) is 30.1 Å². The Kier molecular flexibility index (Phi) is 25.2. The van der Waals surface area contributed by atoms with Crippen molar-refractivity contribution < 1.29 is 89.3 Å². The maximum atomic E-state index is 9.16. The van der Waals surface area contributed by atoms with Crippen molar-refractivity contribution in [3.8, 4) is 0 Å². The monoisotopic (exact) mass is 254 g/mol. The molecule has 0 rings (SSSR count). The Morgan fingerprint density at radius 1 is 1.17 bits per heavy atom. The summed E-state index contributed by atoms with van der Waals surface area (Å²) in [5.74, 6) is 0. The molecule has 1 atom stereocenters. The van der Waals surface area contributed by atoms with Crippen LogP contribution in [0, 0.1) is 0 Å². The molecule has 0 bridgehead atoms. The quantitative estimate of drug-likeness (QED) is 0.196. The summed E-state index contributed by atoms with van der Waals surface area (Å²) in [4.78, 5) is 0. The van der Waals surface area contributed by atoms with Crippen LogP contribution >= 0.6 is 0 Å². The third kappa shape index (κ3) is 22.6. The molecule has 0 aromatic carbocycles. The molecule has 62 valence electrons. The average Bonchev–Trinajstić information content (AvgIpc) is 1.64. The SMILES string of the molecule is O=S([O-])S(=O)(=O)[O-].O=S=O.[Na+].[Na+]. The van der Waals surface area contributed by atoms with Crippen LogP contribution in [0.2, 0.25) is 0 Å². The topological polar surface area (TPSA) is 131 Å². The zero-order valence-corrected chi connectivity index (χ0v) is 12.5. The van der Waals surface area contributed by atoms with Gasteiger partial charge in [-0.2, -0.15) is 8.42 Å². The standard InChI is InChI=1S/2Na.H2O5S2.O2S/c;;1-6(2)7(3,4)5;1-3-2/h;;(H,1,2)(H,3,4,5);/q2*+1;;/p-2. The maximum absolute atomic E-state index is 9.16. The van der Waals surface area contributed by atoms with E-state index < -0.39 is 30.8 Å². The molecular formula is Na2O7S3. The zero-order chi connectivity index (χ0) is 8.78. The Labute approximate surface area is 118 Å². The molecule has 1 unspecified atom stereocenters. The van der Waals surface area contributed by atoms with Crippen molar-refractivity contribution in [3.63, 3.8) is 0 Å². The summed E-state index contributed by atoms with van der Waals surface area (Å²) in [6.07, 6.45) is 0. The summed E-state index contributed by atoms with van der Waals surface area (Å²) in [6, 6.07) is 0. The minimum Gasteiger partial charge on any atom is -0.761 e. The molecule has 0 aliphatic heterocycles. The molecule has 0 aromatic heterocycles. The van der Waals surface area contributed by atoms with Crippen molar-refractivity contribution in [1.82, 2.24) is 0 Å². The second-order valence-corrected chi connectivity index (χ2v) is 4.08. The summed E-state index contributed by atoms with van der Waals surface area (Å²) in [7, 11) is -8.59. The molecule has 0 aliphatic carbocycles. The molecule has 0 N–H and O–H groups in total. The van der Waals surface area contributed by atoms with Gasteiger partial charge in [0.2, 0.25) is 0 Å². The van der Waals surface area contributed by atoms with Crippen molar-refractivity contribution in [2.45, 2.75) is 0 Å². The van der Waals surface area contributed by atoms with Crippen LogP contribution in [0.4, 0.5) is 0 Å². The predicted molar refractivity (Wildman–Crippen MR) is 27.5 cm³/mol. The Morgan fingerprint density at radius 2 is 1.25 bits per heavy atom. The fourth-order valence-corrected chi connectivity index (χ4v) is 0. The molecule has 0 spiro atoms. The summed E-state index contributed by atoms with van der Waals surface area (Å²) < 4.78 is 62.3. The van der Waals surface area contributed by atoms with Crippen molar-refractivity contribution >= 4 is 30.8 Å². The van der Waals surface area contributed by atoms with E-state index in [1.165, 1.54) is 0 Å². The van der Waals surface area contributed by atoms with E-state index in [0.717, 1.165) is 0 Å². The Bertz CT molecular complexity index is 233. The van der Waals surface area contributed by atoms with Gasteiger partial charge in [0.1, 0.15) is 0 Å². The number of hydrogen-bond donors (Lipinski definition) is 0. The second kappa shape index (κ2) is 12.8. The summed E-state index contributed by atoms with van der Waals surface area (Å²) >= 11 is -0.750. The van der Waals surface area contributed by atoms with Crippen LogP contribution < -0.4 is 59.1 Å². The molecular weight excluding hydrogens is 254 g/mol. The fraction of sp³-hybridized carbons (Fsp3) is 0. The molecule has 0 aliphatic rings. The summed E-state index contributed by atoms with van der Waals surface area (Å²) in [6.45, 7) is 0. The molecule has 0 saturated heterocycles. The Balaban J connectivity index is -0.0000000569. The minimum atomic E-state index is -5.07. The summed E-state index contributed by atoms with van der Waals surface area (Å²) in [5, 5.41) is 0.